The first-order valence-electron chi connectivity index (χ1n) is 5.12. The average molecular weight is 247 g/mol. The largest absolute Gasteiger partial charge is 0.468 e. The number of methoxy groups -OCH3 is 2. The second kappa shape index (κ2) is 6.30. The fourth-order valence-electron chi connectivity index (χ4n) is 1.23. The molecule has 1 aromatic carbocycles. The third kappa shape index (κ3) is 3.52. The van der Waals surface area contributed by atoms with Crippen molar-refractivity contribution in [1.29, 1.82) is 0 Å². The molecule has 0 spiro atoms. The number of hydrogen-bond donors (Lipinski definition) is 1. The van der Waals surface area contributed by atoms with Gasteiger partial charge in [-0.25, -0.2) is 4.79 Å². The Morgan fingerprint density at radius 3 is 2.56 bits per heavy atom. The van der Waals surface area contributed by atoms with E-state index in [1.807, 2.05) is 0 Å². The van der Waals surface area contributed by atoms with Crippen LogP contribution in [0, 0.1) is 11.8 Å². The van der Waals surface area contributed by atoms with Crippen LogP contribution < -0.4 is 5.73 Å². The number of ether oxygens (including phenoxy) is 2. The fourth-order valence-corrected chi connectivity index (χ4v) is 1.23. The maximum Gasteiger partial charge on any atom is 0.339 e. The van der Waals surface area contributed by atoms with Gasteiger partial charge in [0.25, 0.3) is 0 Å². The summed E-state index contributed by atoms with van der Waals surface area (Å²) in [6.45, 7) is 0. The third-order valence-electron chi connectivity index (χ3n) is 2.15. The summed E-state index contributed by atoms with van der Waals surface area (Å²) in [6, 6.07) is 4.72. The summed E-state index contributed by atoms with van der Waals surface area (Å²) in [5.41, 5.74) is 6.88. The lowest BCUT2D eigenvalue weighted by molar-refractivity contribution is -0.139. The molecule has 0 atom stereocenters. The molecule has 1 aromatic rings. The molecular weight excluding hydrogens is 234 g/mol. The molecule has 2 N–H and O–H groups in total. The number of carbonyl (C=O) groups excluding carboxylic acids is 2. The monoisotopic (exact) mass is 247 g/mol. The zero-order valence-corrected chi connectivity index (χ0v) is 10.1. The number of nitrogen functional groups attached to an aromatic ring is 1. The Kier molecular flexibility index (Phi) is 4.76. The minimum atomic E-state index is -0.499. The van der Waals surface area contributed by atoms with Crippen molar-refractivity contribution in [2.24, 2.45) is 0 Å². The van der Waals surface area contributed by atoms with Gasteiger partial charge < -0.3 is 15.2 Å². The number of hydrogen-bond acceptors (Lipinski definition) is 5. The normalized spacial score (nSPS) is 9.00. The molecule has 5 heteroatoms. The van der Waals surface area contributed by atoms with Crippen LogP contribution in [0.4, 0.5) is 5.69 Å². The van der Waals surface area contributed by atoms with Crippen LogP contribution in [-0.4, -0.2) is 26.2 Å². The van der Waals surface area contributed by atoms with Crippen LogP contribution in [0.3, 0.4) is 0 Å². The van der Waals surface area contributed by atoms with E-state index in [9.17, 15) is 9.59 Å². The van der Waals surface area contributed by atoms with Crippen LogP contribution in [0.15, 0.2) is 18.2 Å². The zero-order valence-electron chi connectivity index (χ0n) is 10.1. The number of rotatable bonds is 2. The van der Waals surface area contributed by atoms with Gasteiger partial charge in [0.15, 0.2) is 0 Å². The second-order valence-corrected chi connectivity index (χ2v) is 3.35. The Hall–Kier alpha value is -2.48. The van der Waals surface area contributed by atoms with E-state index in [1.54, 1.807) is 12.1 Å². The Bertz CT molecular complexity index is 526. The highest BCUT2D eigenvalue weighted by Gasteiger charge is 2.09. The van der Waals surface area contributed by atoms with E-state index in [0.717, 1.165) is 0 Å². The SMILES string of the molecule is COC(=O)CC#Cc1ccc(C(=O)OC)c(N)c1. The molecule has 0 amide bonds. The Labute approximate surface area is 105 Å². The number of benzene rings is 1. The van der Waals surface area contributed by atoms with Crippen molar-refractivity contribution in [2.45, 2.75) is 6.42 Å². The summed E-state index contributed by atoms with van der Waals surface area (Å²) in [7, 11) is 2.58. The molecule has 5 nitrogen and oxygen atoms in total. The molecule has 0 bridgehead atoms. The van der Waals surface area contributed by atoms with Crippen LogP contribution in [0.25, 0.3) is 0 Å². The van der Waals surface area contributed by atoms with E-state index >= 15 is 0 Å². The van der Waals surface area contributed by atoms with Gasteiger partial charge >= 0.3 is 11.9 Å². The molecule has 0 aliphatic rings. The Balaban J connectivity index is 2.85. The average Bonchev–Trinajstić information content (AvgIpc) is 2.37. The van der Waals surface area contributed by atoms with E-state index in [0.29, 0.717) is 5.56 Å². The van der Waals surface area contributed by atoms with Crippen LogP contribution in [0.1, 0.15) is 22.3 Å². The number of esters is 2. The molecule has 18 heavy (non-hydrogen) atoms. The lowest BCUT2D eigenvalue weighted by atomic mass is 10.1. The molecule has 94 valence electrons. The van der Waals surface area contributed by atoms with Crippen LogP contribution in [0.5, 0.6) is 0 Å². The molecule has 0 heterocycles. The summed E-state index contributed by atoms with van der Waals surface area (Å²) < 4.78 is 9.02. The van der Waals surface area contributed by atoms with Crippen molar-refractivity contribution < 1.29 is 19.1 Å². The van der Waals surface area contributed by atoms with Crippen molar-refractivity contribution in [3.8, 4) is 11.8 Å². The summed E-state index contributed by atoms with van der Waals surface area (Å²) >= 11 is 0. The third-order valence-corrected chi connectivity index (χ3v) is 2.15. The predicted octanol–water partition coefficient (Wildman–Crippen LogP) is 0.970. The van der Waals surface area contributed by atoms with E-state index in [1.165, 1.54) is 20.3 Å². The summed E-state index contributed by atoms with van der Waals surface area (Å²) in [5.74, 6) is 4.50. The lowest BCUT2D eigenvalue weighted by Gasteiger charge is -2.03. The maximum atomic E-state index is 11.3. The summed E-state index contributed by atoms with van der Waals surface area (Å²) in [6.07, 6.45) is 0.00909. The fraction of sp³-hybridized carbons (Fsp3) is 0.231. The molecule has 0 aliphatic heterocycles. The zero-order chi connectivity index (χ0) is 13.5. The molecule has 0 radical (unpaired) electrons. The first-order chi connectivity index (χ1) is 8.58. The van der Waals surface area contributed by atoms with Gasteiger partial charge in [-0.15, -0.1) is 0 Å². The minimum absolute atomic E-state index is 0.00909. The van der Waals surface area contributed by atoms with E-state index < -0.39 is 11.9 Å². The quantitative estimate of drug-likeness (QED) is 0.478. The van der Waals surface area contributed by atoms with E-state index in [-0.39, 0.29) is 17.7 Å². The molecule has 0 aromatic heterocycles. The van der Waals surface area contributed by atoms with Gasteiger partial charge in [-0.05, 0) is 18.2 Å². The van der Waals surface area contributed by atoms with Gasteiger partial charge in [0.2, 0.25) is 0 Å². The van der Waals surface area contributed by atoms with Crippen molar-refractivity contribution >= 4 is 17.6 Å². The number of anilines is 1. The van der Waals surface area contributed by atoms with E-state index in [4.69, 9.17) is 5.73 Å². The van der Waals surface area contributed by atoms with Crippen molar-refractivity contribution in [3.05, 3.63) is 29.3 Å². The highest BCUT2D eigenvalue weighted by molar-refractivity contribution is 5.95. The number of carbonyl (C=O) groups is 2. The van der Waals surface area contributed by atoms with Crippen molar-refractivity contribution in [3.63, 3.8) is 0 Å². The molecule has 0 saturated carbocycles. The molecule has 0 fully saturated rings. The van der Waals surface area contributed by atoms with Gasteiger partial charge in [0.1, 0.15) is 6.42 Å². The number of nitrogens with two attached hydrogens (primary N) is 1. The molecule has 0 aliphatic carbocycles. The van der Waals surface area contributed by atoms with Crippen LogP contribution in [0.2, 0.25) is 0 Å². The van der Waals surface area contributed by atoms with E-state index in [2.05, 4.69) is 21.3 Å². The summed E-state index contributed by atoms with van der Waals surface area (Å²) in [5, 5.41) is 0. The van der Waals surface area contributed by atoms with Gasteiger partial charge in [0, 0.05) is 11.3 Å². The standard InChI is InChI=1S/C13H13NO4/c1-17-12(15)5-3-4-9-6-7-10(11(14)8-9)13(16)18-2/h6-8H,5,14H2,1-2H3. The van der Waals surface area contributed by atoms with Gasteiger partial charge in [0.05, 0.1) is 19.8 Å². The first kappa shape index (κ1) is 13.6. The maximum absolute atomic E-state index is 11.3. The first-order valence-corrected chi connectivity index (χ1v) is 5.12. The van der Waals surface area contributed by atoms with Crippen molar-refractivity contribution in [2.75, 3.05) is 20.0 Å². The van der Waals surface area contributed by atoms with Gasteiger partial charge in [-0.1, -0.05) is 11.8 Å². The summed E-state index contributed by atoms with van der Waals surface area (Å²) in [4.78, 5) is 22.1. The molecular formula is C13H13NO4. The smallest absolute Gasteiger partial charge is 0.339 e. The van der Waals surface area contributed by atoms with Crippen LogP contribution in [-0.2, 0) is 14.3 Å². The molecule has 1 rings (SSSR count). The van der Waals surface area contributed by atoms with Crippen LogP contribution >= 0.6 is 0 Å². The van der Waals surface area contributed by atoms with Gasteiger partial charge in [-0.3, -0.25) is 4.79 Å². The highest BCUT2D eigenvalue weighted by atomic mass is 16.5. The Morgan fingerprint density at radius 1 is 1.28 bits per heavy atom. The predicted molar refractivity (Wildman–Crippen MR) is 65.7 cm³/mol. The Morgan fingerprint density at radius 2 is 2.00 bits per heavy atom. The lowest BCUT2D eigenvalue weighted by Crippen LogP contribution is -2.05. The second-order valence-electron chi connectivity index (χ2n) is 3.35. The van der Waals surface area contributed by atoms with Gasteiger partial charge in [-0.2, -0.15) is 0 Å². The molecule has 0 unspecified atom stereocenters. The minimum Gasteiger partial charge on any atom is -0.468 e. The molecule has 0 saturated heterocycles. The topological polar surface area (TPSA) is 78.6 Å². The highest BCUT2D eigenvalue weighted by Crippen LogP contribution is 2.14. The van der Waals surface area contributed by atoms with Crippen molar-refractivity contribution in [1.82, 2.24) is 0 Å².